The summed E-state index contributed by atoms with van der Waals surface area (Å²) in [6.07, 6.45) is 1.79. The van der Waals surface area contributed by atoms with Gasteiger partial charge < -0.3 is 0 Å². The van der Waals surface area contributed by atoms with Crippen molar-refractivity contribution >= 4 is 22.6 Å². The smallest absolute Gasteiger partial charge is 0.191 e. The van der Waals surface area contributed by atoms with Gasteiger partial charge >= 0.3 is 0 Å². The van der Waals surface area contributed by atoms with Crippen LogP contribution in [0.3, 0.4) is 0 Å². The van der Waals surface area contributed by atoms with Crippen molar-refractivity contribution in [2.75, 3.05) is 0 Å². The first kappa shape index (κ1) is 12.3. The van der Waals surface area contributed by atoms with E-state index >= 15 is 0 Å². The molecule has 0 aliphatic rings. The molecule has 0 saturated carbocycles. The van der Waals surface area contributed by atoms with Crippen LogP contribution in [0.1, 0.15) is 0 Å². The maximum absolute atomic E-state index is 4.45. The summed E-state index contributed by atoms with van der Waals surface area (Å²) in [7, 11) is 0. The molecule has 3 aromatic rings. The van der Waals surface area contributed by atoms with Crippen molar-refractivity contribution in [1.82, 2.24) is 9.97 Å². The highest BCUT2D eigenvalue weighted by molar-refractivity contribution is 14.1. The Morgan fingerprint density at radius 3 is 2.26 bits per heavy atom. The van der Waals surface area contributed by atoms with Crippen molar-refractivity contribution in [2.45, 2.75) is 0 Å². The fourth-order valence-corrected chi connectivity index (χ4v) is 2.41. The summed E-state index contributed by atoms with van der Waals surface area (Å²) < 4.78 is 0.764. The predicted octanol–water partition coefficient (Wildman–Crippen LogP) is 4.42. The zero-order valence-electron chi connectivity index (χ0n) is 10.1. The van der Waals surface area contributed by atoms with Crippen molar-refractivity contribution in [2.24, 2.45) is 0 Å². The molecule has 3 heteroatoms. The van der Waals surface area contributed by atoms with Gasteiger partial charge in [-0.1, -0.05) is 48.5 Å². The number of hydrogen-bond donors (Lipinski definition) is 0. The van der Waals surface area contributed by atoms with Crippen LogP contribution >= 0.6 is 22.6 Å². The maximum Gasteiger partial charge on any atom is 0.191 e. The Hall–Kier alpha value is -1.75. The van der Waals surface area contributed by atoms with Crippen molar-refractivity contribution < 1.29 is 0 Å². The van der Waals surface area contributed by atoms with E-state index in [1.807, 2.05) is 12.1 Å². The third kappa shape index (κ3) is 2.81. The van der Waals surface area contributed by atoms with E-state index in [-0.39, 0.29) is 0 Å². The second-order valence-corrected chi connectivity index (χ2v) is 5.12. The molecule has 0 unspecified atom stereocenters. The second-order valence-electron chi connectivity index (χ2n) is 4.16. The molecule has 1 aromatic heterocycles. The highest BCUT2D eigenvalue weighted by Gasteiger charge is 2.03. The van der Waals surface area contributed by atoms with Gasteiger partial charge in [-0.2, -0.15) is 0 Å². The molecule has 0 amide bonds. The molecule has 0 N–H and O–H groups in total. The topological polar surface area (TPSA) is 25.8 Å². The third-order valence-electron chi connectivity index (χ3n) is 2.89. The van der Waals surface area contributed by atoms with Gasteiger partial charge in [0.15, 0.2) is 3.83 Å². The molecule has 0 aliphatic heterocycles. The standard InChI is InChI=1S/C16H11IN2/c17-16-18-10-9-15(19-16)14-8-4-7-13(11-14)12-5-2-1-3-6-12/h1-11H. The van der Waals surface area contributed by atoms with Crippen LogP contribution in [0.25, 0.3) is 22.4 Å². The Balaban J connectivity index is 2.06. The van der Waals surface area contributed by atoms with Crippen LogP contribution in [0.2, 0.25) is 0 Å². The van der Waals surface area contributed by atoms with Crippen molar-refractivity contribution in [1.29, 1.82) is 0 Å². The molecule has 0 spiro atoms. The normalized spacial score (nSPS) is 10.4. The van der Waals surface area contributed by atoms with Gasteiger partial charge in [-0.25, -0.2) is 9.97 Å². The molecular weight excluding hydrogens is 347 g/mol. The van der Waals surface area contributed by atoms with Gasteiger partial charge in [0.05, 0.1) is 5.69 Å². The van der Waals surface area contributed by atoms with E-state index in [9.17, 15) is 0 Å². The molecule has 0 fully saturated rings. The van der Waals surface area contributed by atoms with Crippen LogP contribution in [0.4, 0.5) is 0 Å². The number of halogens is 1. The molecule has 92 valence electrons. The fraction of sp³-hybridized carbons (Fsp3) is 0. The van der Waals surface area contributed by atoms with Crippen LogP contribution < -0.4 is 0 Å². The van der Waals surface area contributed by atoms with E-state index in [0.29, 0.717) is 0 Å². The Kier molecular flexibility index (Phi) is 3.55. The first-order valence-electron chi connectivity index (χ1n) is 5.97. The van der Waals surface area contributed by atoms with Crippen molar-refractivity contribution in [3.05, 3.63) is 70.7 Å². The molecule has 0 atom stereocenters. The summed E-state index contributed by atoms with van der Waals surface area (Å²) in [6.45, 7) is 0. The van der Waals surface area contributed by atoms with Crippen molar-refractivity contribution in [3.8, 4) is 22.4 Å². The molecule has 2 aromatic carbocycles. The van der Waals surface area contributed by atoms with E-state index in [1.54, 1.807) is 6.20 Å². The number of hydrogen-bond acceptors (Lipinski definition) is 2. The molecule has 2 nitrogen and oxygen atoms in total. The molecule has 3 rings (SSSR count). The number of benzene rings is 2. The largest absolute Gasteiger partial charge is 0.232 e. The first-order valence-corrected chi connectivity index (χ1v) is 7.05. The maximum atomic E-state index is 4.45. The van der Waals surface area contributed by atoms with Gasteiger partial charge in [0.1, 0.15) is 0 Å². The lowest BCUT2D eigenvalue weighted by atomic mass is 10.0. The Bertz CT molecular complexity index is 696. The fourth-order valence-electron chi connectivity index (χ4n) is 1.98. The Labute approximate surface area is 125 Å². The van der Waals surface area contributed by atoms with Crippen LogP contribution in [0, 0.1) is 3.83 Å². The van der Waals surface area contributed by atoms with E-state index in [4.69, 9.17) is 0 Å². The van der Waals surface area contributed by atoms with Crippen molar-refractivity contribution in [3.63, 3.8) is 0 Å². The highest BCUT2D eigenvalue weighted by atomic mass is 127. The zero-order chi connectivity index (χ0) is 13.1. The number of rotatable bonds is 2. The first-order chi connectivity index (χ1) is 9.33. The van der Waals surface area contributed by atoms with Crippen LogP contribution in [0.15, 0.2) is 66.9 Å². The molecule has 0 bridgehead atoms. The average Bonchev–Trinajstić information content (AvgIpc) is 2.48. The summed E-state index contributed by atoms with van der Waals surface area (Å²) in [6, 6.07) is 20.7. The van der Waals surface area contributed by atoms with Crippen LogP contribution in [-0.4, -0.2) is 9.97 Å². The van der Waals surface area contributed by atoms with Crippen LogP contribution in [-0.2, 0) is 0 Å². The molecule has 0 saturated heterocycles. The molecule has 1 heterocycles. The van der Waals surface area contributed by atoms with E-state index in [0.717, 1.165) is 15.1 Å². The van der Waals surface area contributed by atoms with Crippen LogP contribution in [0.5, 0.6) is 0 Å². The minimum absolute atomic E-state index is 0.764. The second kappa shape index (κ2) is 5.48. The zero-order valence-corrected chi connectivity index (χ0v) is 12.3. The summed E-state index contributed by atoms with van der Waals surface area (Å²) >= 11 is 2.13. The monoisotopic (exact) mass is 358 g/mol. The average molecular weight is 358 g/mol. The third-order valence-corrected chi connectivity index (χ3v) is 3.41. The Morgan fingerprint density at radius 1 is 0.737 bits per heavy atom. The van der Waals surface area contributed by atoms with E-state index < -0.39 is 0 Å². The highest BCUT2D eigenvalue weighted by Crippen LogP contribution is 2.25. The predicted molar refractivity (Wildman–Crippen MR) is 85.6 cm³/mol. The summed E-state index contributed by atoms with van der Waals surface area (Å²) in [4.78, 5) is 8.58. The van der Waals surface area contributed by atoms with E-state index in [1.165, 1.54) is 11.1 Å². The molecular formula is C16H11IN2. The summed E-state index contributed by atoms with van der Waals surface area (Å²) in [5, 5.41) is 0. The quantitative estimate of drug-likeness (QED) is 0.501. The summed E-state index contributed by atoms with van der Waals surface area (Å²) in [5.74, 6) is 0. The summed E-state index contributed by atoms with van der Waals surface area (Å²) in [5.41, 5.74) is 4.48. The van der Waals surface area contributed by atoms with E-state index in [2.05, 4.69) is 81.1 Å². The van der Waals surface area contributed by atoms with Gasteiger partial charge in [0.2, 0.25) is 0 Å². The molecule has 19 heavy (non-hydrogen) atoms. The number of aromatic nitrogens is 2. The lowest BCUT2D eigenvalue weighted by Gasteiger charge is -2.05. The minimum Gasteiger partial charge on any atom is -0.232 e. The van der Waals surface area contributed by atoms with Gasteiger partial charge in [-0.3, -0.25) is 0 Å². The Morgan fingerprint density at radius 2 is 1.47 bits per heavy atom. The minimum atomic E-state index is 0.764. The lowest BCUT2D eigenvalue weighted by Crippen LogP contribution is -1.89. The SMILES string of the molecule is Ic1nccc(-c2cccc(-c3ccccc3)c2)n1. The molecule has 0 radical (unpaired) electrons. The van der Waals surface area contributed by atoms with Gasteiger partial charge in [-0.15, -0.1) is 0 Å². The molecule has 0 aliphatic carbocycles. The van der Waals surface area contributed by atoms with Gasteiger partial charge in [0, 0.05) is 34.4 Å². The van der Waals surface area contributed by atoms with Gasteiger partial charge in [0.25, 0.3) is 0 Å². The lowest BCUT2D eigenvalue weighted by molar-refractivity contribution is 1.11. The number of nitrogens with zero attached hydrogens (tertiary/aromatic N) is 2. The van der Waals surface area contributed by atoms with Gasteiger partial charge in [-0.05, 0) is 23.3 Å².